The molecule has 0 spiro atoms. The van der Waals surface area contributed by atoms with Gasteiger partial charge >= 0.3 is 0 Å². The molecule has 0 N–H and O–H groups in total. The summed E-state index contributed by atoms with van der Waals surface area (Å²) < 4.78 is 1.12. The van der Waals surface area contributed by atoms with Gasteiger partial charge in [-0.15, -0.1) is 0 Å². The van der Waals surface area contributed by atoms with Crippen LogP contribution in [0.1, 0.15) is 18.1 Å². The first-order valence-corrected chi connectivity index (χ1v) is 12.8. The van der Waals surface area contributed by atoms with Gasteiger partial charge in [-0.05, 0) is 19.1 Å². The molecule has 7 nitrogen and oxygen atoms in total. The summed E-state index contributed by atoms with van der Waals surface area (Å²) in [5.41, 5.74) is 2.36. The number of nitriles is 4. The maximum atomic E-state index is 13.3. The van der Waals surface area contributed by atoms with E-state index in [-0.39, 0.29) is 11.5 Å². The van der Waals surface area contributed by atoms with Gasteiger partial charge in [0.25, 0.3) is 5.91 Å². The monoisotopic (exact) mass is 512 g/mol. The fourth-order valence-corrected chi connectivity index (χ4v) is 9.01. The standard InChI is InChI=1S/C23H8N6OS4/c1-11-16(21(30)29(28-11)13-5-3-2-4-6-13)23-33-19-14(9-26)17-18(15(10-27)20(19)34-23)32-22(31-17)12(7-24)8-25/h2-6H,1H3. The lowest BCUT2D eigenvalue weighted by Gasteiger charge is -2.11. The lowest BCUT2D eigenvalue weighted by atomic mass is 10.1. The smallest absolute Gasteiger partial charge is 0.267 e. The molecule has 0 radical (unpaired) electrons. The van der Waals surface area contributed by atoms with E-state index in [0.29, 0.717) is 56.2 Å². The Morgan fingerprint density at radius 1 is 0.853 bits per heavy atom. The zero-order valence-electron chi connectivity index (χ0n) is 17.1. The van der Waals surface area contributed by atoms with E-state index in [9.17, 15) is 25.8 Å². The number of fused-ring (bicyclic) bond motifs is 2. The molecule has 3 aliphatic heterocycles. The van der Waals surface area contributed by atoms with E-state index in [2.05, 4.69) is 17.2 Å². The zero-order chi connectivity index (χ0) is 24.0. The third-order valence-corrected chi connectivity index (χ3v) is 10.2. The Bertz CT molecular complexity index is 1510. The summed E-state index contributed by atoms with van der Waals surface area (Å²) in [6, 6.07) is 17.3. The number of allylic oxidation sites excluding steroid dienone is 1. The summed E-state index contributed by atoms with van der Waals surface area (Å²) in [4.78, 5) is 15.6. The minimum absolute atomic E-state index is 0.0494. The number of rotatable bonds is 1. The average molecular weight is 513 g/mol. The summed E-state index contributed by atoms with van der Waals surface area (Å²) in [6.45, 7) is 1.76. The van der Waals surface area contributed by atoms with Crippen molar-refractivity contribution in [3.8, 4) is 24.3 Å². The summed E-state index contributed by atoms with van der Waals surface area (Å²) in [5.74, 6) is -0.266. The van der Waals surface area contributed by atoms with E-state index in [4.69, 9.17) is 0 Å². The van der Waals surface area contributed by atoms with Crippen LogP contribution in [0.25, 0.3) is 0 Å². The minimum Gasteiger partial charge on any atom is -0.267 e. The van der Waals surface area contributed by atoms with Crippen molar-refractivity contribution >= 4 is 64.4 Å². The molecule has 2 aromatic rings. The Morgan fingerprint density at radius 3 is 1.88 bits per heavy atom. The molecule has 34 heavy (non-hydrogen) atoms. The second kappa shape index (κ2) is 8.65. The highest BCUT2D eigenvalue weighted by Crippen LogP contribution is 2.63. The normalized spacial score (nSPS) is 15.8. The van der Waals surface area contributed by atoms with Gasteiger partial charge in [-0.25, -0.2) is 0 Å². The van der Waals surface area contributed by atoms with E-state index >= 15 is 0 Å². The number of thioether (sulfide) groups is 4. The quantitative estimate of drug-likeness (QED) is 0.348. The van der Waals surface area contributed by atoms with Crippen LogP contribution in [0.5, 0.6) is 0 Å². The number of para-hydroxylation sites is 1. The molecule has 3 aliphatic rings. The third kappa shape index (κ3) is 3.30. The molecule has 0 unspecified atom stereocenters. The molecule has 5 rings (SSSR count). The highest BCUT2D eigenvalue weighted by molar-refractivity contribution is 8.25. The van der Waals surface area contributed by atoms with Gasteiger partial charge < -0.3 is 0 Å². The van der Waals surface area contributed by atoms with Gasteiger partial charge in [0.15, 0.2) is 0 Å². The highest BCUT2D eigenvalue weighted by atomic mass is 32.2. The van der Waals surface area contributed by atoms with Gasteiger partial charge in [0.05, 0.1) is 36.6 Å². The summed E-state index contributed by atoms with van der Waals surface area (Å²) in [7, 11) is 0. The second-order valence-electron chi connectivity index (χ2n) is 6.88. The first-order chi connectivity index (χ1) is 16.5. The molecule has 0 aliphatic carbocycles. The Balaban J connectivity index is 1.62. The number of anilines is 1. The predicted octanol–water partition coefficient (Wildman–Crippen LogP) is 5.72. The van der Waals surface area contributed by atoms with Gasteiger partial charge in [0.2, 0.25) is 0 Å². The van der Waals surface area contributed by atoms with Gasteiger partial charge in [-0.2, -0.15) is 31.2 Å². The van der Waals surface area contributed by atoms with Crippen LogP contribution >= 0.6 is 47.0 Å². The van der Waals surface area contributed by atoms with Crippen molar-refractivity contribution in [3.05, 3.63) is 61.1 Å². The summed E-state index contributed by atoms with van der Waals surface area (Å²) in [5, 5.41) is 44.2. The topological polar surface area (TPSA) is 128 Å². The van der Waals surface area contributed by atoms with Crippen molar-refractivity contribution in [1.82, 2.24) is 0 Å². The maximum absolute atomic E-state index is 13.3. The number of benzene rings is 2. The molecule has 0 atom stereocenters. The van der Waals surface area contributed by atoms with Crippen molar-refractivity contribution in [2.45, 2.75) is 26.5 Å². The lowest BCUT2D eigenvalue weighted by Crippen LogP contribution is -2.21. The molecule has 3 heterocycles. The van der Waals surface area contributed by atoms with Crippen LogP contribution in [-0.4, -0.2) is 11.6 Å². The Morgan fingerprint density at radius 2 is 1.38 bits per heavy atom. The first-order valence-electron chi connectivity index (χ1n) is 9.51. The number of amides is 1. The molecule has 0 bridgehead atoms. The number of hydrogen-bond donors (Lipinski definition) is 0. The lowest BCUT2D eigenvalue weighted by molar-refractivity contribution is -0.114. The Labute approximate surface area is 211 Å². The zero-order valence-corrected chi connectivity index (χ0v) is 20.4. The number of hydrazone groups is 1. The van der Waals surface area contributed by atoms with E-state index in [0.717, 1.165) is 23.5 Å². The molecule has 11 heteroatoms. The van der Waals surface area contributed by atoms with Gasteiger partial charge in [-0.3, -0.25) is 4.79 Å². The van der Waals surface area contributed by atoms with Crippen molar-refractivity contribution in [2.75, 3.05) is 5.01 Å². The number of carbonyl (C=O) groups is 1. The first kappa shape index (κ1) is 22.2. The van der Waals surface area contributed by atoms with Crippen LogP contribution in [-0.2, 0) is 4.79 Å². The van der Waals surface area contributed by atoms with E-state index in [1.165, 1.54) is 28.5 Å². The van der Waals surface area contributed by atoms with Crippen molar-refractivity contribution in [3.63, 3.8) is 0 Å². The van der Waals surface area contributed by atoms with Crippen molar-refractivity contribution in [2.24, 2.45) is 5.10 Å². The predicted molar refractivity (Wildman–Crippen MR) is 132 cm³/mol. The summed E-state index contributed by atoms with van der Waals surface area (Å²) >= 11 is 4.87. The average Bonchev–Trinajstić information content (AvgIpc) is 3.54. The van der Waals surface area contributed by atoms with Gasteiger partial charge in [0, 0.05) is 19.6 Å². The molecular weight excluding hydrogens is 505 g/mol. The van der Waals surface area contributed by atoms with E-state index in [1.54, 1.807) is 19.1 Å². The maximum Gasteiger partial charge on any atom is 0.282 e. The van der Waals surface area contributed by atoms with E-state index < -0.39 is 0 Å². The molecule has 0 saturated carbocycles. The van der Waals surface area contributed by atoms with Crippen LogP contribution in [0.3, 0.4) is 0 Å². The van der Waals surface area contributed by atoms with Crippen molar-refractivity contribution < 1.29 is 4.79 Å². The minimum atomic E-state index is -0.266. The molecule has 0 saturated heterocycles. The molecular formula is C23H8N6OS4. The van der Waals surface area contributed by atoms with Crippen LogP contribution < -0.4 is 5.01 Å². The van der Waals surface area contributed by atoms with Crippen LogP contribution in [0.2, 0.25) is 0 Å². The fraction of sp³-hybridized carbons (Fsp3) is 0.0435. The van der Waals surface area contributed by atoms with E-state index in [1.807, 2.05) is 30.3 Å². The second-order valence-corrected chi connectivity index (χ2v) is 11.5. The van der Waals surface area contributed by atoms with Gasteiger partial charge in [-0.1, -0.05) is 65.2 Å². The Hall–Kier alpha value is -3.58. The number of carbonyl (C=O) groups excluding carboxylic acids is 1. The molecule has 0 fully saturated rings. The van der Waals surface area contributed by atoms with Crippen LogP contribution in [0.4, 0.5) is 5.69 Å². The van der Waals surface area contributed by atoms with Gasteiger partial charge in [0.1, 0.15) is 29.8 Å². The van der Waals surface area contributed by atoms with Crippen molar-refractivity contribution in [1.29, 1.82) is 21.0 Å². The SMILES string of the molecule is CC1=NN(c2ccccc2)C(=O)C1=C1Sc2c(C#N)c3c(c(C#N)c2S1)SC(=C(C#N)C#N)S3. The van der Waals surface area contributed by atoms with Crippen LogP contribution in [0, 0.1) is 45.3 Å². The molecule has 1 amide bonds. The fourth-order valence-electron chi connectivity index (χ4n) is 3.47. The third-order valence-electron chi connectivity index (χ3n) is 4.97. The van der Waals surface area contributed by atoms with Crippen LogP contribution in [0.15, 0.2) is 74.6 Å². The number of hydrogen-bond acceptors (Lipinski definition) is 10. The Kier molecular flexibility index (Phi) is 5.65. The summed E-state index contributed by atoms with van der Waals surface area (Å²) in [6.07, 6.45) is 0. The molecule has 0 aromatic heterocycles. The largest absolute Gasteiger partial charge is 0.282 e. The molecule has 160 valence electrons. The highest BCUT2D eigenvalue weighted by Gasteiger charge is 2.39. The number of nitrogens with zero attached hydrogens (tertiary/aromatic N) is 6. The molecule has 2 aromatic carbocycles.